The number of alkyl halides is 2. The molecule has 0 aliphatic heterocycles. The van der Waals surface area contributed by atoms with Gasteiger partial charge in [0.1, 0.15) is 0 Å². The van der Waals surface area contributed by atoms with Crippen LogP contribution < -0.4 is 9.47 Å². The monoisotopic (exact) mass is 443 g/mol. The second-order valence-corrected chi connectivity index (χ2v) is 6.82. The van der Waals surface area contributed by atoms with Crippen LogP contribution in [0.2, 0.25) is 0 Å². The molecule has 0 bridgehead atoms. The van der Waals surface area contributed by atoms with Gasteiger partial charge in [-0.3, -0.25) is 10.1 Å². The van der Waals surface area contributed by atoms with Gasteiger partial charge in [0.2, 0.25) is 11.6 Å². The van der Waals surface area contributed by atoms with E-state index in [2.05, 4.69) is 10.2 Å². The standard InChI is InChI=1S/C17H12F3N3O6S/c1-27-13-6-8(5-11(23(25)26)14(13)28-2)15-21-22-16(29-15)17(19,20)30-9-3-4-10(18)12(24)7-9/h3-7,24H,1-2H3. The number of rotatable bonds is 7. The summed E-state index contributed by atoms with van der Waals surface area (Å²) >= 11 is -0.0570. The molecular weight excluding hydrogens is 431 g/mol. The van der Waals surface area contributed by atoms with Gasteiger partial charge in [0.15, 0.2) is 17.3 Å². The summed E-state index contributed by atoms with van der Waals surface area (Å²) in [7, 11) is 2.45. The van der Waals surface area contributed by atoms with Crippen LogP contribution in [0.15, 0.2) is 39.6 Å². The zero-order chi connectivity index (χ0) is 22.1. The Bertz CT molecular complexity index is 1110. The van der Waals surface area contributed by atoms with E-state index < -0.39 is 39.2 Å². The van der Waals surface area contributed by atoms with Crippen molar-refractivity contribution in [3.05, 3.63) is 52.2 Å². The van der Waals surface area contributed by atoms with Gasteiger partial charge < -0.3 is 19.0 Å². The van der Waals surface area contributed by atoms with Gasteiger partial charge in [-0.25, -0.2) is 4.39 Å². The van der Waals surface area contributed by atoms with E-state index in [4.69, 9.17) is 13.9 Å². The number of ether oxygens (including phenoxy) is 2. The molecule has 0 unspecified atom stereocenters. The number of nitrogens with zero attached hydrogens (tertiary/aromatic N) is 3. The minimum absolute atomic E-state index is 0.0376. The molecule has 0 fully saturated rings. The number of thioether (sulfide) groups is 1. The topological polar surface area (TPSA) is 121 Å². The lowest BCUT2D eigenvalue weighted by Gasteiger charge is -2.11. The Morgan fingerprint density at radius 3 is 2.53 bits per heavy atom. The Morgan fingerprint density at radius 2 is 1.93 bits per heavy atom. The maximum atomic E-state index is 14.5. The average Bonchev–Trinajstić information content (AvgIpc) is 3.20. The van der Waals surface area contributed by atoms with Crippen molar-refractivity contribution in [2.45, 2.75) is 10.2 Å². The third kappa shape index (κ3) is 4.10. The molecule has 0 aliphatic carbocycles. The number of halogens is 3. The van der Waals surface area contributed by atoms with E-state index in [1.807, 2.05) is 0 Å². The molecule has 13 heteroatoms. The lowest BCUT2D eigenvalue weighted by atomic mass is 10.1. The number of aromatic hydroxyl groups is 1. The molecular formula is C17H12F3N3O6S. The van der Waals surface area contributed by atoms with Crippen LogP contribution in [0.5, 0.6) is 17.2 Å². The van der Waals surface area contributed by atoms with Crippen LogP contribution in [0.4, 0.5) is 18.9 Å². The molecule has 0 saturated carbocycles. The van der Waals surface area contributed by atoms with Gasteiger partial charge in [0.25, 0.3) is 5.89 Å². The smallest absolute Gasteiger partial charge is 0.374 e. The zero-order valence-corrected chi connectivity index (χ0v) is 16.1. The minimum atomic E-state index is -3.74. The Labute approximate surface area is 170 Å². The average molecular weight is 443 g/mol. The number of nitro benzene ring substituents is 1. The summed E-state index contributed by atoms with van der Waals surface area (Å²) in [6.07, 6.45) is 0. The maximum absolute atomic E-state index is 14.5. The van der Waals surface area contributed by atoms with Crippen molar-refractivity contribution in [2.75, 3.05) is 14.2 Å². The van der Waals surface area contributed by atoms with E-state index in [1.54, 1.807) is 0 Å². The highest BCUT2D eigenvalue weighted by atomic mass is 32.2. The quantitative estimate of drug-likeness (QED) is 0.323. The second kappa shape index (κ2) is 8.10. The highest BCUT2D eigenvalue weighted by Crippen LogP contribution is 2.46. The van der Waals surface area contributed by atoms with Crippen LogP contribution in [0.1, 0.15) is 5.89 Å². The molecule has 3 rings (SSSR count). The van der Waals surface area contributed by atoms with E-state index >= 15 is 0 Å². The number of methoxy groups -OCH3 is 2. The molecule has 1 heterocycles. The van der Waals surface area contributed by atoms with Crippen LogP contribution in [0.3, 0.4) is 0 Å². The highest BCUT2D eigenvalue weighted by Gasteiger charge is 2.40. The summed E-state index contributed by atoms with van der Waals surface area (Å²) in [6.45, 7) is 0. The molecule has 1 aromatic heterocycles. The predicted octanol–water partition coefficient (Wildman–Crippen LogP) is 4.35. The fraction of sp³-hybridized carbons (Fsp3) is 0.176. The van der Waals surface area contributed by atoms with Gasteiger partial charge in [0.05, 0.1) is 19.1 Å². The van der Waals surface area contributed by atoms with Crippen LogP contribution >= 0.6 is 11.8 Å². The van der Waals surface area contributed by atoms with E-state index in [-0.39, 0.29) is 33.7 Å². The van der Waals surface area contributed by atoms with Gasteiger partial charge in [0, 0.05) is 16.5 Å². The third-order valence-corrected chi connectivity index (χ3v) is 4.66. The molecule has 2 aromatic carbocycles. The van der Waals surface area contributed by atoms with Crippen LogP contribution in [-0.2, 0) is 5.25 Å². The summed E-state index contributed by atoms with van der Waals surface area (Å²) < 4.78 is 57.1. The molecule has 158 valence electrons. The van der Waals surface area contributed by atoms with Gasteiger partial charge in [-0.2, -0.15) is 8.78 Å². The van der Waals surface area contributed by atoms with Gasteiger partial charge in [-0.1, -0.05) is 0 Å². The predicted molar refractivity (Wildman–Crippen MR) is 97.3 cm³/mol. The van der Waals surface area contributed by atoms with Crippen molar-refractivity contribution in [1.82, 2.24) is 10.2 Å². The molecule has 1 N–H and O–H groups in total. The van der Waals surface area contributed by atoms with Crippen LogP contribution in [-0.4, -0.2) is 34.4 Å². The molecule has 0 saturated heterocycles. The number of phenols is 1. The first-order chi connectivity index (χ1) is 14.2. The first kappa shape index (κ1) is 21.2. The van der Waals surface area contributed by atoms with E-state index in [9.17, 15) is 28.4 Å². The summed E-state index contributed by atoms with van der Waals surface area (Å²) in [5.74, 6) is -3.47. The summed E-state index contributed by atoms with van der Waals surface area (Å²) in [5.41, 5.74) is -0.534. The summed E-state index contributed by atoms with van der Waals surface area (Å²) in [6, 6.07) is 4.97. The van der Waals surface area contributed by atoms with Crippen molar-refractivity contribution in [1.29, 1.82) is 0 Å². The van der Waals surface area contributed by atoms with E-state index in [0.29, 0.717) is 0 Å². The number of benzene rings is 2. The number of nitro groups is 1. The fourth-order valence-corrected chi connectivity index (χ4v) is 3.18. The Hall–Kier alpha value is -3.48. The van der Waals surface area contributed by atoms with Crippen molar-refractivity contribution >= 4 is 17.4 Å². The van der Waals surface area contributed by atoms with Gasteiger partial charge >= 0.3 is 10.9 Å². The summed E-state index contributed by atoms with van der Waals surface area (Å²) in [5, 5.41) is 23.7. The largest absolute Gasteiger partial charge is 0.505 e. The fourth-order valence-electron chi connectivity index (χ4n) is 2.41. The van der Waals surface area contributed by atoms with Crippen molar-refractivity contribution in [2.24, 2.45) is 0 Å². The van der Waals surface area contributed by atoms with Gasteiger partial charge in [-0.15, -0.1) is 10.2 Å². The molecule has 0 aliphatic rings. The lowest BCUT2D eigenvalue weighted by molar-refractivity contribution is -0.385. The molecule has 9 nitrogen and oxygen atoms in total. The Balaban J connectivity index is 1.96. The number of aromatic nitrogens is 2. The Morgan fingerprint density at radius 1 is 1.20 bits per heavy atom. The maximum Gasteiger partial charge on any atom is 0.374 e. The molecule has 0 amide bonds. The molecule has 0 atom stereocenters. The molecule has 3 aromatic rings. The van der Waals surface area contributed by atoms with Crippen LogP contribution in [0.25, 0.3) is 11.5 Å². The van der Waals surface area contributed by atoms with E-state index in [0.717, 1.165) is 24.3 Å². The first-order valence-electron chi connectivity index (χ1n) is 7.96. The number of hydrogen-bond donors (Lipinski definition) is 1. The first-order valence-corrected chi connectivity index (χ1v) is 8.78. The highest BCUT2D eigenvalue weighted by molar-refractivity contribution is 8.00. The minimum Gasteiger partial charge on any atom is -0.505 e. The number of hydrogen-bond acceptors (Lipinski definition) is 9. The lowest BCUT2D eigenvalue weighted by Crippen LogP contribution is -2.08. The van der Waals surface area contributed by atoms with E-state index in [1.165, 1.54) is 20.3 Å². The number of phenolic OH excluding ortho intramolecular Hbond substituents is 1. The van der Waals surface area contributed by atoms with Crippen molar-refractivity contribution < 1.29 is 37.1 Å². The van der Waals surface area contributed by atoms with Crippen molar-refractivity contribution in [3.63, 3.8) is 0 Å². The molecule has 0 spiro atoms. The third-order valence-electron chi connectivity index (χ3n) is 3.74. The van der Waals surface area contributed by atoms with Gasteiger partial charge in [-0.05, 0) is 36.0 Å². The summed E-state index contributed by atoms with van der Waals surface area (Å²) in [4.78, 5) is 10.4. The molecule has 30 heavy (non-hydrogen) atoms. The Kier molecular flexibility index (Phi) is 5.73. The van der Waals surface area contributed by atoms with Crippen LogP contribution in [0, 0.1) is 15.9 Å². The molecule has 0 radical (unpaired) electrons. The second-order valence-electron chi connectivity index (χ2n) is 5.63. The SMILES string of the molecule is COc1cc(-c2nnc(C(F)(F)Sc3ccc(F)c(O)c3)o2)cc([N+](=O)[O-])c1OC. The zero-order valence-electron chi connectivity index (χ0n) is 15.3. The normalized spacial score (nSPS) is 11.4. The van der Waals surface area contributed by atoms with Crippen molar-refractivity contribution in [3.8, 4) is 28.7 Å².